The van der Waals surface area contributed by atoms with Crippen molar-refractivity contribution < 1.29 is 18.0 Å². The highest BCUT2D eigenvalue weighted by atomic mass is 35.5. The van der Waals surface area contributed by atoms with Crippen LogP contribution in [0.4, 0.5) is 5.69 Å². The molecule has 0 aliphatic carbocycles. The van der Waals surface area contributed by atoms with Gasteiger partial charge in [-0.05, 0) is 69.2 Å². The van der Waals surface area contributed by atoms with E-state index >= 15 is 0 Å². The summed E-state index contributed by atoms with van der Waals surface area (Å²) in [5.74, 6) is -0.959. The summed E-state index contributed by atoms with van der Waals surface area (Å²) in [6, 6.07) is 16.7. The van der Waals surface area contributed by atoms with Gasteiger partial charge >= 0.3 is 0 Å². The molecular weight excluding hydrogens is 593 g/mol. The second-order valence-electron chi connectivity index (χ2n) is 9.54. The first-order chi connectivity index (χ1) is 18.8. The summed E-state index contributed by atoms with van der Waals surface area (Å²) < 4.78 is 28.8. The first-order valence-corrected chi connectivity index (χ1v) is 15.3. The Balaban J connectivity index is 2.06. The first-order valence-electron chi connectivity index (χ1n) is 12.7. The number of nitrogens with one attached hydrogen (secondary N) is 1. The quantitative estimate of drug-likeness (QED) is 0.265. The van der Waals surface area contributed by atoms with Gasteiger partial charge in [0.2, 0.25) is 11.8 Å². The van der Waals surface area contributed by atoms with Gasteiger partial charge in [0.05, 0.1) is 20.6 Å². The Labute approximate surface area is 251 Å². The maximum absolute atomic E-state index is 14.0. The minimum Gasteiger partial charge on any atom is -0.352 e. The predicted octanol–water partition coefficient (Wildman–Crippen LogP) is 6.48. The van der Waals surface area contributed by atoms with Crippen molar-refractivity contribution in [2.24, 2.45) is 0 Å². The van der Waals surface area contributed by atoms with Crippen molar-refractivity contribution in [3.8, 4) is 0 Å². The Morgan fingerprint density at radius 3 is 2.15 bits per heavy atom. The monoisotopic (exact) mass is 623 g/mol. The number of nitrogens with zero attached hydrogens (tertiary/aromatic N) is 2. The summed E-state index contributed by atoms with van der Waals surface area (Å²) in [4.78, 5) is 28.4. The second-order valence-corrected chi connectivity index (χ2v) is 12.6. The maximum Gasteiger partial charge on any atom is 0.264 e. The molecule has 0 aliphatic heterocycles. The van der Waals surface area contributed by atoms with Gasteiger partial charge in [-0.3, -0.25) is 13.9 Å². The number of hydrogen-bond acceptors (Lipinski definition) is 4. The number of benzene rings is 3. The van der Waals surface area contributed by atoms with Crippen molar-refractivity contribution in [1.29, 1.82) is 0 Å². The molecule has 2 amide bonds. The zero-order valence-electron chi connectivity index (χ0n) is 22.7. The predicted molar refractivity (Wildman–Crippen MR) is 162 cm³/mol. The zero-order chi connectivity index (χ0) is 29.6. The Bertz CT molecular complexity index is 1450. The lowest BCUT2D eigenvalue weighted by Gasteiger charge is -2.32. The van der Waals surface area contributed by atoms with Crippen LogP contribution in [0.15, 0.2) is 71.6 Å². The number of rotatable bonds is 11. The second kappa shape index (κ2) is 13.7. The van der Waals surface area contributed by atoms with Gasteiger partial charge in [0, 0.05) is 17.6 Å². The van der Waals surface area contributed by atoms with Crippen LogP contribution in [-0.2, 0) is 26.2 Å². The summed E-state index contributed by atoms with van der Waals surface area (Å²) in [5.41, 5.74) is 1.64. The van der Waals surface area contributed by atoms with Crippen LogP contribution in [0.1, 0.15) is 38.3 Å². The van der Waals surface area contributed by atoms with E-state index in [4.69, 9.17) is 34.8 Å². The molecule has 3 aromatic carbocycles. The van der Waals surface area contributed by atoms with Gasteiger partial charge in [-0.15, -0.1) is 0 Å². The highest BCUT2D eigenvalue weighted by Gasteiger charge is 2.34. The highest BCUT2D eigenvalue weighted by Crippen LogP contribution is 2.35. The molecule has 40 heavy (non-hydrogen) atoms. The number of amides is 2. The van der Waals surface area contributed by atoms with Crippen LogP contribution in [0, 0.1) is 6.92 Å². The summed E-state index contributed by atoms with van der Waals surface area (Å²) in [6.07, 6.45) is 0.708. The molecule has 0 spiro atoms. The van der Waals surface area contributed by atoms with Crippen molar-refractivity contribution in [2.75, 3.05) is 10.8 Å². The molecule has 0 radical (unpaired) electrons. The Morgan fingerprint density at radius 2 is 1.55 bits per heavy atom. The van der Waals surface area contributed by atoms with Crippen molar-refractivity contribution in [3.05, 3.63) is 92.9 Å². The van der Waals surface area contributed by atoms with Crippen molar-refractivity contribution in [1.82, 2.24) is 10.2 Å². The molecule has 0 heterocycles. The fraction of sp³-hybridized carbons (Fsp3) is 0.310. The van der Waals surface area contributed by atoms with Gasteiger partial charge in [-0.1, -0.05) is 77.6 Å². The summed E-state index contributed by atoms with van der Waals surface area (Å²) in [6.45, 7) is 6.68. The van der Waals surface area contributed by atoms with Gasteiger partial charge in [-0.2, -0.15) is 0 Å². The van der Waals surface area contributed by atoms with Crippen LogP contribution in [0.2, 0.25) is 15.1 Å². The third-order valence-corrected chi connectivity index (χ3v) is 9.36. The number of halogens is 3. The molecule has 2 atom stereocenters. The Kier molecular flexibility index (Phi) is 10.9. The largest absolute Gasteiger partial charge is 0.352 e. The molecule has 1 N–H and O–H groups in total. The highest BCUT2D eigenvalue weighted by molar-refractivity contribution is 7.92. The molecule has 0 fully saturated rings. The molecule has 0 saturated carbocycles. The molecule has 214 valence electrons. The summed E-state index contributed by atoms with van der Waals surface area (Å²) in [7, 11) is -4.26. The van der Waals surface area contributed by atoms with Crippen molar-refractivity contribution in [3.63, 3.8) is 0 Å². The third kappa shape index (κ3) is 7.69. The van der Waals surface area contributed by atoms with Gasteiger partial charge in [0.25, 0.3) is 10.0 Å². The number of sulfonamides is 1. The van der Waals surface area contributed by atoms with Crippen LogP contribution in [0.25, 0.3) is 0 Å². The lowest BCUT2D eigenvalue weighted by atomic mass is 10.1. The Morgan fingerprint density at radius 1 is 0.925 bits per heavy atom. The molecule has 3 rings (SSSR count). The van der Waals surface area contributed by atoms with Crippen LogP contribution < -0.4 is 9.62 Å². The van der Waals surface area contributed by atoms with Crippen LogP contribution in [0.3, 0.4) is 0 Å². The Hall–Kier alpha value is -2.78. The molecule has 7 nitrogen and oxygen atoms in total. The maximum atomic E-state index is 14.0. The molecule has 0 saturated heterocycles. The molecule has 3 aromatic rings. The number of carbonyl (C=O) groups excluding carboxylic acids is 2. The zero-order valence-corrected chi connectivity index (χ0v) is 25.8. The van der Waals surface area contributed by atoms with E-state index in [-0.39, 0.29) is 39.1 Å². The summed E-state index contributed by atoms with van der Waals surface area (Å²) in [5, 5.41) is 3.54. The van der Waals surface area contributed by atoms with E-state index in [1.54, 1.807) is 49.4 Å². The summed E-state index contributed by atoms with van der Waals surface area (Å²) >= 11 is 18.7. The smallest absolute Gasteiger partial charge is 0.264 e. The normalized spacial score (nSPS) is 12.9. The van der Waals surface area contributed by atoms with Crippen LogP contribution in [0.5, 0.6) is 0 Å². The van der Waals surface area contributed by atoms with E-state index in [0.717, 1.165) is 15.4 Å². The van der Waals surface area contributed by atoms with E-state index in [2.05, 4.69) is 5.32 Å². The lowest BCUT2D eigenvalue weighted by Crippen LogP contribution is -2.52. The molecule has 0 unspecified atom stereocenters. The first kappa shape index (κ1) is 31.7. The number of carbonyl (C=O) groups is 2. The molecule has 0 aromatic heterocycles. The van der Waals surface area contributed by atoms with E-state index in [9.17, 15) is 18.0 Å². The fourth-order valence-electron chi connectivity index (χ4n) is 3.87. The molecule has 0 aliphatic rings. The van der Waals surface area contributed by atoms with Crippen molar-refractivity contribution >= 4 is 62.3 Å². The SMILES string of the molecule is CC[C@H](C)NC(=O)[C@H](C)N(Cc1ccc(Cl)cc1)C(=O)CN(c1cccc(Cl)c1Cl)S(=O)(=O)c1ccc(C)cc1. The molecule has 11 heteroatoms. The average Bonchev–Trinajstić information content (AvgIpc) is 2.92. The minimum absolute atomic E-state index is 0.0144. The molecular formula is C29H32Cl3N3O4S. The van der Waals surface area contributed by atoms with Gasteiger partial charge in [0.15, 0.2) is 0 Å². The van der Waals surface area contributed by atoms with E-state index in [0.29, 0.717) is 11.4 Å². The van der Waals surface area contributed by atoms with Gasteiger partial charge < -0.3 is 10.2 Å². The topological polar surface area (TPSA) is 86.8 Å². The standard InChI is InChI=1S/C29H32Cl3N3O4S/c1-5-20(3)33-29(37)21(4)34(17-22-11-13-23(30)14-12-22)27(36)18-35(26-8-6-7-25(31)28(26)32)40(38,39)24-15-9-19(2)10-16-24/h6-16,20-21H,5,17-18H2,1-4H3,(H,33,37)/t20-,21-/m0/s1. The third-order valence-electron chi connectivity index (χ3n) is 6.52. The minimum atomic E-state index is -4.26. The van der Waals surface area contributed by atoms with E-state index < -0.39 is 28.5 Å². The molecule has 0 bridgehead atoms. The van der Waals surface area contributed by atoms with Crippen molar-refractivity contribution in [2.45, 2.75) is 57.6 Å². The van der Waals surface area contributed by atoms with E-state index in [1.165, 1.54) is 29.2 Å². The number of hydrogen-bond donors (Lipinski definition) is 1. The van der Waals surface area contributed by atoms with Gasteiger partial charge in [0.1, 0.15) is 12.6 Å². The average molecular weight is 625 g/mol. The lowest BCUT2D eigenvalue weighted by molar-refractivity contribution is -0.139. The van der Waals surface area contributed by atoms with E-state index in [1.807, 2.05) is 20.8 Å². The van der Waals surface area contributed by atoms with Crippen LogP contribution >= 0.6 is 34.8 Å². The number of anilines is 1. The number of aryl methyl sites for hydroxylation is 1. The fourth-order valence-corrected chi connectivity index (χ4v) is 5.87. The van der Waals surface area contributed by atoms with Crippen LogP contribution in [-0.4, -0.2) is 43.8 Å². The van der Waals surface area contributed by atoms with Gasteiger partial charge in [-0.25, -0.2) is 8.42 Å².